The monoisotopic (exact) mass is 300 g/mol. The van der Waals surface area contributed by atoms with Gasteiger partial charge in [-0.2, -0.15) is 0 Å². The van der Waals surface area contributed by atoms with Crippen molar-refractivity contribution in [2.24, 2.45) is 5.14 Å². The Morgan fingerprint density at radius 1 is 1.53 bits per heavy atom. The number of nitrogens with zero attached hydrogens (tertiary/aromatic N) is 1. The molecule has 0 saturated heterocycles. The average Bonchev–Trinajstić information content (AvgIpc) is 2.00. The van der Waals surface area contributed by atoms with Crippen LogP contribution in [0.1, 0.15) is 17.7 Å². The third kappa shape index (κ3) is 2.50. The fourth-order valence-electron chi connectivity index (χ4n) is 1.03. The highest BCUT2D eigenvalue weighted by molar-refractivity contribution is 9.10. The van der Waals surface area contributed by atoms with Gasteiger partial charge in [0.1, 0.15) is 4.90 Å². The molecule has 8 heteroatoms. The summed E-state index contributed by atoms with van der Waals surface area (Å²) in [6, 6.07) is 0. The van der Waals surface area contributed by atoms with Crippen LogP contribution in [0.5, 0.6) is 0 Å². The van der Waals surface area contributed by atoms with Crippen molar-refractivity contribution in [2.45, 2.75) is 18.2 Å². The molecular formula is C7H7BrF2N2O2S. The minimum Gasteiger partial charge on any atom is -0.260 e. The largest absolute Gasteiger partial charge is 0.266 e. The van der Waals surface area contributed by atoms with Crippen LogP contribution in [0.3, 0.4) is 0 Å². The zero-order chi connectivity index (χ0) is 11.8. The van der Waals surface area contributed by atoms with Crippen molar-refractivity contribution < 1.29 is 17.2 Å². The van der Waals surface area contributed by atoms with E-state index >= 15 is 0 Å². The Bertz CT molecular complexity index is 490. The van der Waals surface area contributed by atoms with E-state index < -0.39 is 26.9 Å². The molecule has 15 heavy (non-hydrogen) atoms. The normalized spacial score (nSPS) is 12.1. The van der Waals surface area contributed by atoms with E-state index in [1.807, 2.05) is 0 Å². The Kier molecular flexibility index (Phi) is 3.41. The molecule has 1 aromatic heterocycles. The van der Waals surface area contributed by atoms with Crippen LogP contribution >= 0.6 is 15.9 Å². The Labute approximate surface area is 93.7 Å². The highest BCUT2D eigenvalue weighted by atomic mass is 79.9. The molecule has 0 fully saturated rings. The smallest absolute Gasteiger partial charge is 0.260 e. The molecule has 4 nitrogen and oxygen atoms in total. The molecule has 0 radical (unpaired) electrons. The molecule has 1 heterocycles. The lowest BCUT2D eigenvalue weighted by molar-refractivity contribution is 0.149. The maximum absolute atomic E-state index is 12.6. The number of aromatic nitrogens is 1. The van der Waals surface area contributed by atoms with Crippen molar-refractivity contribution in [1.29, 1.82) is 0 Å². The van der Waals surface area contributed by atoms with Crippen LogP contribution in [0.15, 0.2) is 15.6 Å². The van der Waals surface area contributed by atoms with Gasteiger partial charge in [-0.05, 0) is 22.9 Å². The van der Waals surface area contributed by atoms with Gasteiger partial charge in [0.2, 0.25) is 10.0 Å². The maximum atomic E-state index is 12.6. The van der Waals surface area contributed by atoms with E-state index in [1.165, 1.54) is 6.92 Å². The second-order valence-electron chi connectivity index (χ2n) is 2.78. The molecule has 0 atom stereocenters. The van der Waals surface area contributed by atoms with E-state index in [0.29, 0.717) is 0 Å². The van der Waals surface area contributed by atoms with E-state index in [1.54, 1.807) is 0 Å². The predicted molar refractivity (Wildman–Crippen MR) is 53.0 cm³/mol. The van der Waals surface area contributed by atoms with Gasteiger partial charge in [0.25, 0.3) is 6.43 Å². The molecule has 1 aromatic rings. The number of rotatable bonds is 2. The van der Waals surface area contributed by atoms with Crippen molar-refractivity contribution in [1.82, 2.24) is 4.98 Å². The van der Waals surface area contributed by atoms with Crippen LogP contribution in [0.2, 0.25) is 0 Å². The van der Waals surface area contributed by atoms with Crippen molar-refractivity contribution in [3.8, 4) is 0 Å². The Morgan fingerprint density at radius 3 is 2.47 bits per heavy atom. The van der Waals surface area contributed by atoms with E-state index in [9.17, 15) is 17.2 Å². The first kappa shape index (κ1) is 12.5. The highest BCUT2D eigenvalue weighted by Crippen LogP contribution is 2.33. The summed E-state index contributed by atoms with van der Waals surface area (Å²) in [5.74, 6) is 0. The molecule has 0 aliphatic heterocycles. The molecule has 84 valence electrons. The molecule has 0 aromatic carbocycles. The van der Waals surface area contributed by atoms with E-state index in [4.69, 9.17) is 5.14 Å². The number of sulfonamides is 1. The third-order valence-electron chi connectivity index (χ3n) is 1.74. The van der Waals surface area contributed by atoms with E-state index in [0.717, 1.165) is 6.20 Å². The van der Waals surface area contributed by atoms with Gasteiger partial charge < -0.3 is 0 Å². The van der Waals surface area contributed by atoms with E-state index in [2.05, 4.69) is 20.9 Å². The summed E-state index contributed by atoms with van der Waals surface area (Å²) >= 11 is 2.79. The number of pyridine rings is 1. The molecule has 0 bridgehead atoms. The van der Waals surface area contributed by atoms with Crippen molar-refractivity contribution in [3.63, 3.8) is 0 Å². The number of nitrogens with two attached hydrogens (primary N) is 1. The molecule has 0 aliphatic carbocycles. The second-order valence-corrected chi connectivity index (χ2v) is 5.10. The summed E-state index contributed by atoms with van der Waals surface area (Å²) in [4.78, 5) is 3.12. The van der Waals surface area contributed by atoms with Gasteiger partial charge in [-0.25, -0.2) is 22.3 Å². The van der Waals surface area contributed by atoms with Gasteiger partial charge >= 0.3 is 0 Å². The zero-order valence-corrected chi connectivity index (χ0v) is 9.94. The van der Waals surface area contributed by atoms with Gasteiger partial charge in [-0.1, -0.05) is 0 Å². The molecule has 0 amide bonds. The zero-order valence-electron chi connectivity index (χ0n) is 7.54. The fourth-order valence-corrected chi connectivity index (χ4v) is 2.82. The predicted octanol–water partition coefficient (Wildman–Crippen LogP) is 1.74. The van der Waals surface area contributed by atoms with Crippen LogP contribution in [0, 0.1) is 6.92 Å². The number of alkyl halides is 2. The lowest BCUT2D eigenvalue weighted by atomic mass is 10.2. The standard InChI is InChI=1S/C7H7BrF2N2O2S/c1-3-5(7(9)10)6(8)4(2-12-3)15(11,13)14/h2,7H,1H3,(H2,11,13,14). The van der Waals surface area contributed by atoms with Gasteiger partial charge in [-0.3, -0.25) is 4.98 Å². The van der Waals surface area contributed by atoms with Crippen LogP contribution in [0.4, 0.5) is 8.78 Å². The Balaban J connectivity index is 3.56. The van der Waals surface area contributed by atoms with Crippen molar-refractivity contribution >= 4 is 26.0 Å². The number of aryl methyl sites for hydroxylation is 1. The Hall–Kier alpha value is -0.600. The van der Waals surface area contributed by atoms with Crippen LogP contribution < -0.4 is 5.14 Å². The van der Waals surface area contributed by atoms with Gasteiger partial charge in [-0.15, -0.1) is 0 Å². The lowest BCUT2D eigenvalue weighted by Gasteiger charge is -2.09. The number of hydrogen-bond donors (Lipinski definition) is 1. The minimum absolute atomic E-state index is 0.0595. The van der Waals surface area contributed by atoms with Crippen molar-refractivity contribution in [3.05, 3.63) is 21.9 Å². The first-order valence-electron chi connectivity index (χ1n) is 3.71. The summed E-state index contributed by atoms with van der Waals surface area (Å²) < 4.78 is 46.9. The molecule has 0 aliphatic rings. The number of halogens is 3. The van der Waals surface area contributed by atoms with E-state index in [-0.39, 0.29) is 10.2 Å². The number of primary sulfonamides is 1. The minimum atomic E-state index is -4.05. The van der Waals surface area contributed by atoms with Gasteiger partial charge in [0.05, 0.1) is 5.56 Å². The van der Waals surface area contributed by atoms with Gasteiger partial charge in [0, 0.05) is 16.4 Å². The summed E-state index contributed by atoms with van der Waals surface area (Å²) in [6.45, 7) is 1.36. The van der Waals surface area contributed by atoms with Crippen LogP contribution in [-0.4, -0.2) is 13.4 Å². The summed E-state index contributed by atoms with van der Waals surface area (Å²) in [6.07, 6.45) is -1.87. The Morgan fingerprint density at radius 2 is 2.07 bits per heavy atom. The molecule has 2 N–H and O–H groups in total. The lowest BCUT2D eigenvalue weighted by Crippen LogP contribution is -2.14. The SMILES string of the molecule is Cc1ncc(S(N)(=O)=O)c(Br)c1C(F)F. The van der Waals surface area contributed by atoms with Crippen molar-refractivity contribution in [2.75, 3.05) is 0 Å². The topological polar surface area (TPSA) is 73.0 Å². The first-order valence-corrected chi connectivity index (χ1v) is 6.05. The second kappa shape index (κ2) is 4.11. The first-order chi connectivity index (χ1) is 6.75. The fraction of sp³-hybridized carbons (Fsp3) is 0.286. The van der Waals surface area contributed by atoms with Gasteiger partial charge in [0.15, 0.2) is 0 Å². The van der Waals surface area contributed by atoms with Crippen LogP contribution in [0.25, 0.3) is 0 Å². The maximum Gasteiger partial charge on any atom is 0.266 e. The molecule has 0 spiro atoms. The third-order valence-corrected chi connectivity index (χ3v) is 3.78. The summed E-state index contributed by atoms with van der Waals surface area (Å²) in [7, 11) is -4.05. The van der Waals surface area contributed by atoms with Crippen LogP contribution in [-0.2, 0) is 10.0 Å². The molecule has 1 rings (SSSR count). The molecule has 0 unspecified atom stereocenters. The molecular weight excluding hydrogens is 294 g/mol. The average molecular weight is 301 g/mol. The molecule has 0 saturated carbocycles. The summed E-state index contributed by atoms with van der Waals surface area (Å²) in [5, 5.41) is 4.83. The number of hydrogen-bond acceptors (Lipinski definition) is 3. The summed E-state index contributed by atoms with van der Waals surface area (Å²) in [5.41, 5.74) is -0.397. The quantitative estimate of drug-likeness (QED) is 0.904. The highest BCUT2D eigenvalue weighted by Gasteiger charge is 2.23.